The van der Waals surface area contributed by atoms with Crippen molar-refractivity contribution < 1.29 is 14.0 Å². The molecule has 10 heteroatoms. The summed E-state index contributed by atoms with van der Waals surface area (Å²) >= 11 is 2.71. The van der Waals surface area contributed by atoms with Gasteiger partial charge in [0, 0.05) is 17.0 Å². The first-order chi connectivity index (χ1) is 15.4. The highest BCUT2D eigenvalue weighted by Gasteiger charge is 2.27. The predicted molar refractivity (Wildman–Crippen MR) is 124 cm³/mol. The van der Waals surface area contributed by atoms with Gasteiger partial charge in [-0.05, 0) is 61.9 Å². The Bertz CT molecular complexity index is 1160. The number of benzene rings is 1. The van der Waals surface area contributed by atoms with E-state index in [1.54, 1.807) is 12.1 Å². The minimum Gasteiger partial charge on any atom is -0.365 e. The normalized spacial score (nSPS) is 15.4. The molecule has 0 fully saturated rings. The number of carbonyl (C=O) groups excluding carboxylic acids is 2. The molecule has 168 valence electrons. The Balaban J connectivity index is 1.47. The van der Waals surface area contributed by atoms with E-state index in [-0.39, 0.29) is 17.5 Å². The first kappa shape index (κ1) is 22.5. The number of nitrogens with one attached hydrogen (secondary N) is 1. The number of nitrogens with two attached hydrogens (primary N) is 1. The fraction of sp³-hybridized carbons (Fsp3) is 0.364. The summed E-state index contributed by atoms with van der Waals surface area (Å²) in [5, 5.41) is 12.4. The number of amides is 2. The van der Waals surface area contributed by atoms with Gasteiger partial charge in [-0.25, -0.2) is 4.39 Å². The Morgan fingerprint density at radius 3 is 2.75 bits per heavy atom. The van der Waals surface area contributed by atoms with Crippen LogP contribution < -0.4 is 11.1 Å². The largest absolute Gasteiger partial charge is 0.365 e. The number of hydrogen-bond donors (Lipinski definition) is 2. The molecule has 2 amide bonds. The summed E-state index contributed by atoms with van der Waals surface area (Å²) < 4.78 is 15.1. The van der Waals surface area contributed by atoms with E-state index in [1.165, 1.54) is 35.2 Å². The number of thiophene rings is 1. The summed E-state index contributed by atoms with van der Waals surface area (Å²) in [6.45, 7) is 4.74. The molecule has 1 atom stereocenters. The molecule has 3 N–H and O–H groups in total. The maximum atomic E-state index is 13.2. The highest BCUT2D eigenvalue weighted by atomic mass is 32.2. The molecular weight excluding hydrogens is 449 g/mol. The smallest absolute Gasteiger partial charge is 0.251 e. The second-order valence-electron chi connectivity index (χ2n) is 7.81. The van der Waals surface area contributed by atoms with Crippen molar-refractivity contribution in [2.24, 2.45) is 11.7 Å². The molecule has 0 bridgehead atoms. The molecule has 1 aliphatic rings. The third kappa shape index (κ3) is 4.56. The highest BCUT2D eigenvalue weighted by molar-refractivity contribution is 7.99. The zero-order chi connectivity index (χ0) is 22.8. The summed E-state index contributed by atoms with van der Waals surface area (Å²) in [5.74, 6) is 0.220. The molecule has 7 nitrogen and oxygen atoms in total. The van der Waals surface area contributed by atoms with E-state index in [1.807, 2.05) is 11.5 Å². The lowest BCUT2D eigenvalue weighted by atomic mass is 9.88. The van der Waals surface area contributed by atoms with Gasteiger partial charge < -0.3 is 15.6 Å². The van der Waals surface area contributed by atoms with Gasteiger partial charge in [0.05, 0.1) is 11.3 Å². The minimum atomic E-state index is -0.505. The number of primary amides is 1. The quantitative estimate of drug-likeness (QED) is 0.503. The van der Waals surface area contributed by atoms with Crippen molar-refractivity contribution >= 4 is 39.9 Å². The first-order valence-corrected chi connectivity index (χ1v) is 12.2. The molecule has 0 spiro atoms. The molecule has 1 aromatic carbocycles. The number of fused-ring (bicyclic) bond motifs is 1. The van der Waals surface area contributed by atoms with Crippen LogP contribution in [0.3, 0.4) is 0 Å². The van der Waals surface area contributed by atoms with Crippen LogP contribution in [0, 0.1) is 11.7 Å². The van der Waals surface area contributed by atoms with E-state index < -0.39 is 5.91 Å². The van der Waals surface area contributed by atoms with Crippen LogP contribution in [0.2, 0.25) is 0 Å². The minimum absolute atomic E-state index is 0.110. The molecule has 1 aliphatic carbocycles. The molecule has 0 saturated carbocycles. The summed E-state index contributed by atoms with van der Waals surface area (Å²) in [6, 6.07) is 6.05. The van der Waals surface area contributed by atoms with Crippen molar-refractivity contribution in [1.82, 2.24) is 14.8 Å². The van der Waals surface area contributed by atoms with Gasteiger partial charge in [-0.1, -0.05) is 18.7 Å². The molecule has 0 saturated heterocycles. The van der Waals surface area contributed by atoms with Gasteiger partial charge in [0.2, 0.25) is 5.91 Å². The van der Waals surface area contributed by atoms with Crippen LogP contribution in [-0.4, -0.2) is 32.3 Å². The van der Waals surface area contributed by atoms with Crippen LogP contribution in [0.1, 0.15) is 41.1 Å². The number of hydrogen-bond acceptors (Lipinski definition) is 6. The number of aromatic nitrogens is 3. The summed E-state index contributed by atoms with van der Waals surface area (Å²) in [7, 11) is 0. The van der Waals surface area contributed by atoms with E-state index in [0.29, 0.717) is 34.0 Å². The lowest BCUT2D eigenvalue weighted by molar-refractivity contribution is -0.113. The lowest BCUT2D eigenvalue weighted by Crippen LogP contribution is -2.20. The topological polar surface area (TPSA) is 103 Å². The van der Waals surface area contributed by atoms with Crippen LogP contribution in [0.5, 0.6) is 0 Å². The Hall–Kier alpha value is -2.72. The Morgan fingerprint density at radius 2 is 2.06 bits per heavy atom. The molecular formula is C22H24FN5O2S2. The molecule has 0 aliphatic heterocycles. The second-order valence-corrected chi connectivity index (χ2v) is 9.86. The second kappa shape index (κ2) is 9.41. The molecule has 2 aromatic heterocycles. The standard InChI is InChI=1S/C22H24FN5O2S2/c1-3-28-20(13-5-7-14(23)8-6-13)26-27-22(28)31-11-17(29)25-21-18(19(24)30)15-9-4-12(2)10-16(15)32-21/h5-8,12H,3-4,9-11H2,1-2H3,(H2,24,30)(H,25,29). The number of halogens is 1. The van der Waals surface area contributed by atoms with Crippen molar-refractivity contribution in [1.29, 1.82) is 0 Å². The number of anilines is 1. The molecule has 1 unspecified atom stereocenters. The Morgan fingerprint density at radius 1 is 1.31 bits per heavy atom. The number of nitrogens with zero attached hydrogens (tertiary/aromatic N) is 3. The van der Waals surface area contributed by atoms with E-state index in [9.17, 15) is 14.0 Å². The SMILES string of the molecule is CCn1c(SCC(=O)Nc2sc3c(c2C(N)=O)CCC(C)C3)nnc1-c1ccc(F)cc1. The van der Waals surface area contributed by atoms with Gasteiger partial charge in [0.25, 0.3) is 5.91 Å². The van der Waals surface area contributed by atoms with Gasteiger partial charge in [0.15, 0.2) is 11.0 Å². The van der Waals surface area contributed by atoms with Crippen LogP contribution in [-0.2, 0) is 24.2 Å². The molecule has 4 rings (SSSR count). The van der Waals surface area contributed by atoms with Gasteiger partial charge in [0.1, 0.15) is 10.8 Å². The fourth-order valence-corrected chi connectivity index (χ4v) is 6.12. The fourth-order valence-electron chi connectivity index (χ4n) is 3.89. The lowest BCUT2D eigenvalue weighted by Gasteiger charge is -2.18. The van der Waals surface area contributed by atoms with Crippen molar-refractivity contribution in [3.05, 3.63) is 46.1 Å². The average Bonchev–Trinajstić information content (AvgIpc) is 3.32. The predicted octanol–water partition coefficient (Wildman–Crippen LogP) is 4.12. The van der Waals surface area contributed by atoms with Crippen molar-refractivity contribution in [2.75, 3.05) is 11.1 Å². The summed E-state index contributed by atoms with van der Waals surface area (Å²) in [4.78, 5) is 25.9. The van der Waals surface area contributed by atoms with E-state index in [2.05, 4.69) is 22.4 Å². The zero-order valence-corrected chi connectivity index (χ0v) is 19.5. The van der Waals surface area contributed by atoms with Crippen LogP contribution in [0.4, 0.5) is 9.39 Å². The molecule has 3 aromatic rings. The number of carbonyl (C=O) groups is 2. The third-order valence-electron chi connectivity index (χ3n) is 5.48. The van der Waals surface area contributed by atoms with Crippen molar-refractivity contribution in [3.63, 3.8) is 0 Å². The zero-order valence-electron chi connectivity index (χ0n) is 17.9. The van der Waals surface area contributed by atoms with Crippen LogP contribution in [0.25, 0.3) is 11.4 Å². The van der Waals surface area contributed by atoms with Gasteiger partial charge >= 0.3 is 0 Å². The van der Waals surface area contributed by atoms with E-state index >= 15 is 0 Å². The van der Waals surface area contributed by atoms with Crippen LogP contribution in [0.15, 0.2) is 29.4 Å². The van der Waals surface area contributed by atoms with Crippen molar-refractivity contribution in [2.45, 2.75) is 44.8 Å². The Labute approximate surface area is 193 Å². The van der Waals surface area contributed by atoms with Crippen molar-refractivity contribution in [3.8, 4) is 11.4 Å². The van der Waals surface area contributed by atoms with Gasteiger partial charge in [-0.15, -0.1) is 21.5 Å². The van der Waals surface area contributed by atoms with E-state index in [4.69, 9.17) is 5.73 Å². The van der Waals surface area contributed by atoms with E-state index in [0.717, 1.165) is 35.3 Å². The summed E-state index contributed by atoms with van der Waals surface area (Å²) in [6.07, 6.45) is 2.72. The molecule has 32 heavy (non-hydrogen) atoms. The van der Waals surface area contributed by atoms with Crippen LogP contribution >= 0.6 is 23.1 Å². The van der Waals surface area contributed by atoms with Gasteiger partial charge in [-0.3, -0.25) is 9.59 Å². The average molecular weight is 474 g/mol. The number of rotatable bonds is 7. The first-order valence-electron chi connectivity index (χ1n) is 10.4. The summed E-state index contributed by atoms with van der Waals surface area (Å²) in [5.41, 5.74) is 7.82. The highest BCUT2D eigenvalue weighted by Crippen LogP contribution is 2.39. The molecule has 0 radical (unpaired) electrons. The monoisotopic (exact) mass is 473 g/mol. The molecule has 2 heterocycles. The third-order valence-corrected chi connectivity index (χ3v) is 7.62. The maximum absolute atomic E-state index is 13.2. The Kier molecular flexibility index (Phi) is 6.61. The number of thioether (sulfide) groups is 1. The maximum Gasteiger partial charge on any atom is 0.251 e. The van der Waals surface area contributed by atoms with Gasteiger partial charge in [-0.2, -0.15) is 0 Å².